The highest BCUT2D eigenvalue weighted by Crippen LogP contribution is 2.34. The van der Waals surface area contributed by atoms with Crippen molar-refractivity contribution in [3.63, 3.8) is 0 Å². The second kappa shape index (κ2) is 11.6. The Morgan fingerprint density at radius 2 is 1.81 bits per heavy atom. The number of hydrogen-bond donors (Lipinski definition) is 2. The van der Waals surface area contributed by atoms with Gasteiger partial charge in [-0.25, -0.2) is 19.3 Å². The summed E-state index contributed by atoms with van der Waals surface area (Å²) in [7, 11) is 0. The van der Waals surface area contributed by atoms with Gasteiger partial charge >= 0.3 is 0 Å². The Bertz CT molecular complexity index is 1340. The second-order valence-corrected chi connectivity index (χ2v) is 9.76. The lowest BCUT2D eigenvalue weighted by Crippen LogP contribution is -2.22. The minimum atomic E-state index is -0.515. The number of anilines is 2. The molecule has 1 aliphatic carbocycles. The molecule has 0 amide bonds. The maximum absolute atomic E-state index is 14.9. The maximum atomic E-state index is 14.9. The van der Waals surface area contributed by atoms with E-state index >= 15 is 0 Å². The molecule has 5 rings (SSSR count). The topological polar surface area (TPSA) is 72.0 Å². The number of rotatable bonds is 8. The van der Waals surface area contributed by atoms with Crippen molar-refractivity contribution >= 4 is 35.1 Å². The number of nitrogens with one attached hydrogen (secondary N) is 2. The average Bonchev–Trinajstić information content (AvgIpc) is 2.91. The highest BCUT2D eigenvalue weighted by Gasteiger charge is 2.16. The number of benzene rings is 2. The summed E-state index contributed by atoms with van der Waals surface area (Å²) in [6.07, 6.45) is 9.16. The molecule has 0 saturated heterocycles. The van der Waals surface area contributed by atoms with Gasteiger partial charge in [0.1, 0.15) is 12.1 Å². The summed E-state index contributed by atoms with van der Waals surface area (Å²) < 4.78 is 23.9. The highest BCUT2D eigenvalue weighted by molar-refractivity contribution is 8.00. The standard InChI is InChI=1S/C27H25ClFN5OS/c28-21-10-4-5-11-25(21)36-34-19-12-13-24(22(29)15-19)35-27-20(9-6-14-30-27)23-16-26(32-17-31-23)33-18-7-2-1-3-8-18/h4-6,9-18,34H,1-3,7-8H2,(H,31,32,33). The molecule has 36 heavy (non-hydrogen) atoms. The van der Waals surface area contributed by atoms with Gasteiger partial charge in [0.2, 0.25) is 5.88 Å². The summed E-state index contributed by atoms with van der Waals surface area (Å²) in [4.78, 5) is 14.0. The summed E-state index contributed by atoms with van der Waals surface area (Å²) in [5, 5.41) is 4.14. The Morgan fingerprint density at radius 1 is 0.944 bits per heavy atom. The fraction of sp³-hybridized carbons (Fsp3) is 0.222. The van der Waals surface area contributed by atoms with Gasteiger partial charge in [0, 0.05) is 35.0 Å². The van der Waals surface area contributed by atoms with Crippen LogP contribution in [-0.4, -0.2) is 21.0 Å². The Morgan fingerprint density at radius 3 is 2.64 bits per heavy atom. The lowest BCUT2D eigenvalue weighted by Gasteiger charge is -2.23. The van der Waals surface area contributed by atoms with Crippen molar-refractivity contribution in [2.75, 3.05) is 10.0 Å². The summed E-state index contributed by atoms with van der Waals surface area (Å²) in [5.74, 6) is 0.584. The first-order valence-electron chi connectivity index (χ1n) is 11.8. The van der Waals surface area contributed by atoms with Crippen molar-refractivity contribution in [2.45, 2.75) is 43.0 Å². The fourth-order valence-electron chi connectivity index (χ4n) is 4.10. The summed E-state index contributed by atoms with van der Waals surface area (Å²) in [5.41, 5.74) is 1.89. The van der Waals surface area contributed by atoms with Crippen LogP contribution in [-0.2, 0) is 0 Å². The Balaban J connectivity index is 1.31. The van der Waals surface area contributed by atoms with Crippen LogP contribution < -0.4 is 14.8 Å². The van der Waals surface area contributed by atoms with E-state index in [-0.39, 0.29) is 11.6 Å². The SMILES string of the molecule is Fc1cc(NSc2ccccc2Cl)ccc1Oc1ncccc1-c1cc(NC2CCCCC2)ncn1. The van der Waals surface area contributed by atoms with Crippen molar-refractivity contribution in [1.82, 2.24) is 15.0 Å². The van der Waals surface area contributed by atoms with E-state index in [2.05, 4.69) is 25.0 Å². The minimum absolute atomic E-state index is 0.0675. The van der Waals surface area contributed by atoms with E-state index in [1.165, 1.54) is 43.6 Å². The van der Waals surface area contributed by atoms with Gasteiger partial charge in [-0.2, -0.15) is 0 Å². The summed E-state index contributed by atoms with van der Waals surface area (Å²) in [6.45, 7) is 0. The number of pyridine rings is 1. The summed E-state index contributed by atoms with van der Waals surface area (Å²) >= 11 is 7.50. The third-order valence-electron chi connectivity index (χ3n) is 5.93. The minimum Gasteiger partial charge on any atom is -0.435 e. The molecule has 4 aromatic rings. The van der Waals surface area contributed by atoms with Gasteiger partial charge in [-0.1, -0.05) is 43.0 Å². The van der Waals surface area contributed by atoms with Crippen molar-refractivity contribution in [3.05, 3.63) is 84.0 Å². The molecule has 0 radical (unpaired) electrons. The zero-order chi connectivity index (χ0) is 24.7. The molecule has 184 valence electrons. The Hall–Kier alpha value is -3.36. The predicted octanol–water partition coefficient (Wildman–Crippen LogP) is 7.99. The van der Waals surface area contributed by atoms with E-state index in [1.54, 1.807) is 30.5 Å². The largest absolute Gasteiger partial charge is 0.435 e. The van der Waals surface area contributed by atoms with Gasteiger partial charge in [0.25, 0.3) is 0 Å². The van der Waals surface area contributed by atoms with Crippen LogP contribution in [0.2, 0.25) is 5.02 Å². The monoisotopic (exact) mass is 521 g/mol. The summed E-state index contributed by atoms with van der Waals surface area (Å²) in [6, 6.07) is 18.1. The van der Waals surface area contributed by atoms with Crippen molar-refractivity contribution in [2.24, 2.45) is 0 Å². The maximum Gasteiger partial charge on any atom is 0.228 e. The number of halogens is 2. The molecule has 1 aliphatic rings. The molecule has 0 spiro atoms. The Kier molecular flexibility index (Phi) is 7.83. The van der Waals surface area contributed by atoms with Crippen LogP contribution in [0.15, 0.2) is 78.1 Å². The van der Waals surface area contributed by atoms with Gasteiger partial charge in [0.05, 0.1) is 16.3 Å². The number of ether oxygens (including phenoxy) is 1. The molecular formula is C27H25ClFN5OS. The highest BCUT2D eigenvalue weighted by atomic mass is 35.5. The van der Waals surface area contributed by atoms with Crippen molar-refractivity contribution < 1.29 is 9.13 Å². The van der Waals surface area contributed by atoms with Gasteiger partial charge in [-0.15, -0.1) is 0 Å². The zero-order valence-electron chi connectivity index (χ0n) is 19.5. The normalized spacial score (nSPS) is 13.8. The molecule has 0 aliphatic heterocycles. The first kappa shape index (κ1) is 24.3. The second-order valence-electron chi connectivity index (χ2n) is 8.51. The van der Waals surface area contributed by atoms with Crippen LogP contribution in [0.4, 0.5) is 15.9 Å². The van der Waals surface area contributed by atoms with E-state index in [1.807, 2.05) is 30.3 Å². The van der Waals surface area contributed by atoms with Crippen molar-refractivity contribution in [1.29, 1.82) is 0 Å². The van der Waals surface area contributed by atoms with Crippen LogP contribution in [0.25, 0.3) is 11.3 Å². The lowest BCUT2D eigenvalue weighted by molar-refractivity contribution is 0.429. The van der Waals surface area contributed by atoms with E-state index in [0.717, 1.165) is 23.6 Å². The smallest absolute Gasteiger partial charge is 0.228 e. The van der Waals surface area contributed by atoms with E-state index < -0.39 is 5.82 Å². The number of aromatic nitrogens is 3. The molecule has 1 fully saturated rings. The van der Waals surface area contributed by atoms with Crippen LogP contribution in [0.5, 0.6) is 11.6 Å². The Labute approximate surface area is 218 Å². The van der Waals surface area contributed by atoms with Crippen LogP contribution in [0, 0.1) is 5.82 Å². The van der Waals surface area contributed by atoms with Gasteiger partial charge < -0.3 is 14.8 Å². The van der Waals surface area contributed by atoms with Crippen LogP contribution in [0.1, 0.15) is 32.1 Å². The van der Waals surface area contributed by atoms with Gasteiger partial charge in [0.15, 0.2) is 11.6 Å². The van der Waals surface area contributed by atoms with Crippen molar-refractivity contribution in [3.8, 4) is 22.9 Å². The van der Waals surface area contributed by atoms with Gasteiger partial charge in [-0.05, 0) is 61.2 Å². The molecule has 0 bridgehead atoms. The molecule has 2 aromatic carbocycles. The lowest BCUT2D eigenvalue weighted by atomic mass is 9.95. The van der Waals surface area contributed by atoms with E-state index in [0.29, 0.717) is 28.0 Å². The quantitative estimate of drug-likeness (QED) is 0.228. The van der Waals surface area contributed by atoms with E-state index in [4.69, 9.17) is 16.3 Å². The van der Waals surface area contributed by atoms with Crippen LogP contribution >= 0.6 is 23.5 Å². The molecule has 2 aromatic heterocycles. The molecule has 1 saturated carbocycles. The first-order valence-corrected chi connectivity index (χ1v) is 13.0. The van der Waals surface area contributed by atoms with E-state index in [9.17, 15) is 4.39 Å². The van der Waals surface area contributed by atoms with Gasteiger partial charge in [-0.3, -0.25) is 0 Å². The molecule has 2 heterocycles. The molecular weight excluding hydrogens is 497 g/mol. The molecule has 9 heteroatoms. The first-order chi connectivity index (χ1) is 17.7. The number of nitrogens with zero attached hydrogens (tertiary/aromatic N) is 3. The molecule has 0 atom stereocenters. The fourth-order valence-corrected chi connectivity index (χ4v) is 5.02. The number of hydrogen-bond acceptors (Lipinski definition) is 7. The molecule has 6 nitrogen and oxygen atoms in total. The predicted molar refractivity (Wildman–Crippen MR) is 143 cm³/mol. The van der Waals surface area contributed by atoms with Crippen LogP contribution in [0.3, 0.4) is 0 Å². The molecule has 2 N–H and O–H groups in total. The average molecular weight is 522 g/mol. The third kappa shape index (κ3) is 6.06. The zero-order valence-corrected chi connectivity index (χ0v) is 21.0. The molecule has 0 unspecified atom stereocenters. The third-order valence-corrected chi connectivity index (χ3v) is 7.28.